The largest absolute Gasteiger partial charge is 0.349 e. The molecular formula is C16H17N3O4S2. The number of rotatable bonds is 4. The molecule has 3 heterocycles. The molecule has 0 bridgehead atoms. The van der Waals surface area contributed by atoms with Crippen LogP contribution in [0.2, 0.25) is 0 Å². The van der Waals surface area contributed by atoms with Gasteiger partial charge in [-0.3, -0.25) is 19.7 Å². The van der Waals surface area contributed by atoms with E-state index in [0.29, 0.717) is 41.2 Å². The van der Waals surface area contributed by atoms with Crippen molar-refractivity contribution in [1.29, 1.82) is 0 Å². The minimum absolute atomic E-state index is 0.00809. The number of thiophene rings is 2. The molecule has 9 heteroatoms. The predicted molar refractivity (Wildman–Crippen MR) is 96.4 cm³/mol. The van der Waals surface area contributed by atoms with Gasteiger partial charge in [0.15, 0.2) is 0 Å². The van der Waals surface area contributed by atoms with E-state index in [4.69, 9.17) is 0 Å². The summed E-state index contributed by atoms with van der Waals surface area (Å²) in [5.74, 6) is -0.264. The number of nitrogens with one attached hydrogen (secondary N) is 1. The van der Waals surface area contributed by atoms with E-state index in [9.17, 15) is 19.7 Å². The molecule has 2 aromatic heterocycles. The zero-order chi connectivity index (χ0) is 18.0. The Balaban J connectivity index is 1.56. The van der Waals surface area contributed by atoms with Gasteiger partial charge in [-0.1, -0.05) is 0 Å². The fourth-order valence-corrected chi connectivity index (χ4v) is 4.40. The fourth-order valence-electron chi connectivity index (χ4n) is 2.80. The first-order valence-electron chi connectivity index (χ1n) is 7.83. The summed E-state index contributed by atoms with van der Waals surface area (Å²) < 4.78 is 0. The van der Waals surface area contributed by atoms with E-state index in [1.807, 2.05) is 5.38 Å². The van der Waals surface area contributed by atoms with Crippen molar-refractivity contribution in [2.45, 2.75) is 25.8 Å². The number of likely N-dealkylation sites (tertiary alicyclic amines) is 1. The minimum atomic E-state index is -0.463. The van der Waals surface area contributed by atoms with E-state index in [2.05, 4.69) is 5.32 Å². The van der Waals surface area contributed by atoms with Crippen LogP contribution in [0.25, 0.3) is 0 Å². The summed E-state index contributed by atoms with van der Waals surface area (Å²) in [6.07, 6.45) is 1.35. The monoisotopic (exact) mass is 379 g/mol. The Morgan fingerprint density at radius 3 is 2.64 bits per heavy atom. The van der Waals surface area contributed by atoms with Gasteiger partial charge >= 0.3 is 0 Å². The van der Waals surface area contributed by atoms with Crippen LogP contribution in [0.15, 0.2) is 22.9 Å². The van der Waals surface area contributed by atoms with Gasteiger partial charge in [-0.05, 0) is 31.2 Å². The van der Waals surface area contributed by atoms with Gasteiger partial charge in [0.05, 0.1) is 14.7 Å². The number of amides is 2. The quantitative estimate of drug-likeness (QED) is 0.653. The maximum Gasteiger partial charge on any atom is 0.283 e. The number of aryl methyl sites for hydroxylation is 1. The van der Waals surface area contributed by atoms with Gasteiger partial charge in [0.2, 0.25) is 0 Å². The first-order valence-corrected chi connectivity index (χ1v) is 9.59. The molecule has 3 rings (SSSR count). The lowest BCUT2D eigenvalue weighted by Crippen LogP contribution is -2.46. The number of carbonyl (C=O) groups is 2. The van der Waals surface area contributed by atoms with Gasteiger partial charge in [0, 0.05) is 36.1 Å². The summed E-state index contributed by atoms with van der Waals surface area (Å²) in [4.78, 5) is 37.7. The molecule has 0 aromatic carbocycles. The van der Waals surface area contributed by atoms with E-state index in [1.54, 1.807) is 23.3 Å². The van der Waals surface area contributed by atoms with Crippen molar-refractivity contribution in [3.63, 3.8) is 0 Å². The summed E-state index contributed by atoms with van der Waals surface area (Å²) in [6, 6.07) is 3.17. The third kappa shape index (κ3) is 3.88. The molecule has 1 aliphatic rings. The van der Waals surface area contributed by atoms with Crippen LogP contribution in [0.4, 0.5) is 5.69 Å². The van der Waals surface area contributed by atoms with Crippen molar-refractivity contribution in [3.8, 4) is 0 Å². The Hall–Kier alpha value is -2.26. The lowest BCUT2D eigenvalue weighted by Gasteiger charge is -2.32. The van der Waals surface area contributed by atoms with Gasteiger partial charge in [0.25, 0.3) is 17.5 Å². The molecule has 0 radical (unpaired) electrons. The van der Waals surface area contributed by atoms with E-state index < -0.39 is 4.92 Å². The van der Waals surface area contributed by atoms with Gasteiger partial charge in [-0.25, -0.2) is 0 Å². The van der Waals surface area contributed by atoms with Crippen molar-refractivity contribution >= 4 is 40.2 Å². The second-order valence-electron chi connectivity index (χ2n) is 5.86. The molecule has 2 aromatic rings. The molecular weight excluding hydrogens is 362 g/mol. The van der Waals surface area contributed by atoms with Crippen LogP contribution < -0.4 is 5.32 Å². The fraction of sp³-hybridized carbons (Fsp3) is 0.375. The van der Waals surface area contributed by atoms with Gasteiger partial charge in [-0.15, -0.1) is 11.3 Å². The predicted octanol–water partition coefficient (Wildman–Crippen LogP) is 3.06. The summed E-state index contributed by atoms with van der Waals surface area (Å²) in [5, 5.41) is 17.6. The van der Waals surface area contributed by atoms with Gasteiger partial charge in [-0.2, -0.15) is 11.3 Å². The molecule has 25 heavy (non-hydrogen) atoms. The van der Waals surface area contributed by atoms with Crippen molar-refractivity contribution in [2.75, 3.05) is 13.1 Å². The number of nitrogens with zero attached hydrogens (tertiary/aromatic N) is 2. The molecule has 1 saturated heterocycles. The van der Waals surface area contributed by atoms with Crippen molar-refractivity contribution in [2.24, 2.45) is 0 Å². The van der Waals surface area contributed by atoms with Crippen LogP contribution in [-0.2, 0) is 0 Å². The highest BCUT2D eigenvalue weighted by Gasteiger charge is 2.27. The lowest BCUT2D eigenvalue weighted by molar-refractivity contribution is -0.385. The summed E-state index contributed by atoms with van der Waals surface area (Å²) >= 11 is 2.63. The van der Waals surface area contributed by atoms with Gasteiger partial charge in [0.1, 0.15) is 0 Å². The molecule has 0 spiro atoms. The van der Waals surface area contributed by atoms with E-state index in [0.717, 1.165) is 11.3 Å². The average Bonchev–Trinajstić information content (AvgIpc) is 3.24. The van der Waals surface area contributed by atoms with Crippen molar-refractivity contribution in [3.05, 3.63) is 48.3 Å². The van der Waals surface area contributed by atoms with Crippen LogP contribution in [0.3, 0.4) is 0 Å². The lowest BCUT2D eigenvalue weighted by atomic mass is 10.0. The Morgan fingerprint density at radius 2 is 2.08 bits per heavy atom. The number of piperidine rings is 1. The third-order valence-electron chi connectivity index (χ3n) is 4.20. The molecule has 0 aliphatic carbocycles. The molecule has 2 amide bonds. The SMILES string of the molecule is Cc1sc(C(=O)N2CCC(NC(=O)c3ccsc3)CC2)cc1[N+](=O)[O-]. The second-order valence-corrected chi connectivity index (χ2v) is 7.90. The highest BCUT2D eigenvalue weighted by atomic mass is 32.1. The first-order chi connectivity index (χ1) is 12.0. The summed E-state index contributed by atoms with van der Waals surface area (Å²) in [6.45, 7) is 2.70. The smallest absolute Gasteiger partial charge is 0.283 e. The standard InChI is InChI=1S/C16H17N3O4S2/c1-10-13(19(22)23)8-14(25-10)16(21)18-5-2-12(3-6-18)17-15(20)11-4-7-24-9-11/h4,7-9,12H,2-3,5-6H2,1H3,(H,17,20). The highest BCUT2D eigenvalue weighted by molar-refractivity contribution is 7.14. The molecule has 7 nitrogen and oxygen atoms in total. The summed E-state index contributed by atoms with van der Waals surface area (Å²) in [7, 11) is 0. The minimum Gasteiger partial charge on any atom is -0.349 e. The Labute approximate surface area is 152 Å². The third-order valence-corrected chi connectivity index (χ3v) is 5.91. The zero-order valence-corrected chi connectivity index (χ0v) is 15.2. The van der Waals surface area contributed by atoms with Crippen molar-refractivity contribution < 1.29 is 14.5 Å². The van der Waals surface area contributed by atoms with Crippen LogP contribution >= 0.6 is 22.7 Å². The van der Waals surface area contributed by atoms with Crippen LogP contribution in [0.1, 0.15) is 37.7 Å². The molecule has 0 saturated carbocycles. The van der Waals surface area contributed by atoms with E-state index in [-0.39, 0.29) is 23.5 Å². The number of hydrogen-bond acceptors (Lipinski definition) is 6. The Kier molecular flexibility index (Phi) is 5.14. The van der Waals surface area contributed by atoms with Crippen LogP contribution in [-0.4, -0.2) is 40.8 Å². The molecule has 1 N–H and O–H groups in total. The van der Waals surface area contributed by atoms with Gasteiger partial charge < -0.3 is 10.2 Å². The topological polar surface area (TPSA) is 92.6 Å². The Morgan fingerprint density at radius 1 is 1.36 bits per heavy atom. The Bertz CT molecular complexity index is 792. The van der Waals surface area contributed by atoms with Crippen LogP contribution in [0.5, 0.6) is 0 Å². The maximum absolute atomic E-state index is 12.5. The number of nitro groups is 1. The molecule has 132 valence electrons. The normalized spacial score (nSPS) is 15.2. The molecule has 0 unspecified atom stereocenters. The summed E-state index contributed by atoms with van der Waals surface area (Å²) in [5.41, 5.74) is 0.649. The zero-order valence-electron chi connectivity index (χ0n) is 13.6. The van der Waals surface area contributed by atoms with Crippen molar-refractivity contribution in [1.82, 2.24) is 10.2 Å². The maximum atomic E-state index is 12.5. The second kappa shape index (κ2) is 7.32. The molecule has 1 aliphatic heterocycles. The first kappa shape index (κ1) is 17.6. The number of hydrogen-bond donors (Lipinski definition) is 1. The molecule has 1 fully saturated rings. The van der Waals surface area contributed by atoms with E-state index >= 15 is 0 Å². The average molecular weight is 379 g/mol. The van der Waals surface area contributed by atoms with Crippen LogP contribution in [0, 0.1) is 17.0 Å². The highest BCUT2D eigenvalue weighted by Crippen LogP contribution is 2.29. The number of carbonyl (C=O) groups excluding carboxylic acids is 2. The van der Waals surface area contributed by atoms with E-state index in [1.165, 1.54) is 17.4 Å². The molecule has 0 atom stereocenters.